The molecule has 4 aromatic rings. The summed E-state index contributed by atoms with van der Waals surface area (Å²) in [6.45, 7) is 1.41. The summed E-state index contributed by atoms with van der Waals surface area (Å²) in [6, 6.07) is 14.2. The summed E-state index contributed by atoms with van der Waals surface area (Å²) in [5, 5.41) is 47.4. The number of carbonyl (C=O) groups is 2. The monoisotopic (exact) mass is 772 g/mol. The zero-order valence-electron chi connectivity index (χ0n) is 27.9. The number of hydrogen-bond acceptors (Lipinski definition) is 17. The molecule has 0 heterocycles. The number of aliphatic hydroxyl groups is 1. The first-order valence-corrected chi connectivity index (χ1v) is 16.9. The van der Waals surface area contributed by atoms with Crippen molar-refractivity contribution in [1.29, 1.82) is 0 Å². The number of carbonyl (C=O) groups excluding carboxylic acids is 2. The second-order valence-electron chi connectivity index (χ2n) is 10.3. The molecule has 0 unspecified atom stereocenters. The molecule has 0 amide bonds. The zero-order chi connectivity index (χ0) is 36.8. The van der Waals surface area contributed by atoms with Crippen LogP contribution in [0, 0.1) is 0 Å². The number of aromatic hydroxyl groups is 2. The Morgan fingerprint density at radius 1 is 0.615 bits per heavy atom. The fraction of sp³-hybridized carbons (Fsp3) is 0.161. The second-order valence-corrected chi connectivity index (χ2v) is 13.1. The van der Waals surface area contributed by atoms with E-state index in [0.29, 0.717) is 0 Å². The van der Waals surface area contributed by atoms with Gasteiger partial charge in [0.15, 0.2) is 23.1 Å². The predicted molar refractivity (Wildman–Crippen MR) is 170 cm³/mol. The molecule has 17 nitrogen and oxygen atoms in total. The number of hydrogen-bond donors (Lipinski definition) is 3. The Kier molecular flexibility index (Phi) is 16.2. The van der Waals surface area contributed by atoms with Crippen LogP contribution in [-0.4, -0.2) is 72.1 Å². The van der Waals surface area contributed by atoms with Crippen molar-refractivity contribution < 1.29 is 119 Å². The quantitative estimate of drug-likeness (QED) is 0.0599. The van der Waals surface area contributed by atoms with Crippen LogP contribution in [0.3, 0.4) is 0 Å². The van der Waals surface area contributed by atoms with E-state index in [1.165, 1.54) is 48.5 Å². The van der Waals surface area contributed by atoms with Crippen molar-refractivity contribution in [2.24, 2.45) is 20.5 Å². The Labute approximate surface area is 341 Å². The molecule has 0 aromatic heterocycles. The van der Waals surface area contributed by atoms with Gasteiger partial charge in [0, 0.05) is 0 Å². The summed E-state index contributed by atoms with van der Waals surface area (Å²) in [6.07, 6.45) is -1.35. The van der Waals surface area contributed by atoms with Crippen molar-refractivity contribution in [1.82, 2.24) is 0 Å². The largest absolute Gasteiger partial charge is 1.00 e. The summed E-state index contributed by atoms with van der Waals surface area (Å²) in [5.74, 6) is -2.63. The molecule has 3 N–H and O–H groups in total. The summed E-state index contributed by atoms with van der Waals surface area (Å²) in [4.78, 5) is 23.8. The molecular formula is C31H26N4Na2O13S2. The van der Waals surface area contributed by atoms with E-state index in [1.807, 2.05) is 0 Å². The van der Waals surface area contributed by atoms with E-state index in [2.05, 4.69) is 20.5 Å². The predicted octanol–water partition coefficient (Wildman–Crippen LogP) is -1.03. The van der Waals surface area contributed by atoms with Gasteiger partial charge in [-0.3, -0.25) is 9.59 Å². The zero-order valence-corrected chi connectivity index (χ0v) is 33.6. The average Bonchev–Trinajstić information content (AvgIpc) is 3.04. The number of azo groups is 2. The molecule has 4 aromatic carbocycles. The third-order valence-electron chi connectivity index (χ3n) is 6.60. The maximum atomic E-state index is 12.3. The van der Waals surface area contributed by atoms with Crippen LogP contribution in [-0.2, 0) is 20.2 Å². The van der Waals surface area contributed by atoms with Crippen molar-refractivity contribution >= 4 is 54.6 Å². The first-order valence-electron chi connectivity index (χ1n) is 14.1. The van der Waals surface area contributed by atoms with Gasteiger partial charge in [-0.15, -0.1) is 10.2 Å². The van der Waals surface area contributed by atoms with E-state index < -0.39 is 72.4 Å². The first-order chi connectivity index (χ1) is 23.5. The molecule has 4 rings (SSSR count). The molecule has 0 aliphatic heterocycles. The molecule has 0 saturated heterocycles. The van der Waals surface area contributed by atoms with E-state index in [9.17, 15) is 50.8 Å². The Hall–Kier alpha value is -3.60. The minimum Gasteiger partial charge on any atom is -0.744 e. The van der Waals surface area contributed by atoms with E-state index >= 15 is 0 Å². The number of Topliss-reactive ketones (excluding diaryl/α,β-unsaturated/α-hetero) is 2. The normalized spacial score (nSPS) is 12.2. The van der Waals surface area contributed by atoms with Crippen LogP contribution in [0.15, 0.2) is 103 Å². The molecule has 0 saturated carbocycles. The van der Waals surface area contributed by atoms with Gasteiger partial charge in [0.25, 0.3) is 0 Å². The number of rotatable bonds is 14. The van der Waals surface area contributed by atoms with Crippen LogP contribution in [0.1, 0.15) is 34.6 Å². The molecule has 0 aliphatic carbocycles. The number of aliphatic hydroxyl groups excluding tert-OH is 1. The smallest absolute Gasteiger partial charge is 0.744 e. The van der Waals surface area contributed by atoms with Crippen molar-refractivity contribution in [2.75, 3.05) is 13.2 Å². The van der Waals surface area contributed by atoms with E-state index in [4.69, 9.17) is 9.47 Å². The van der Waals surface area contributed by atoms with Gasteiger partial charge in [-0.2, -0.15) is 10.2 Å². The van der Waals surface area contributed by atoms with Gasteiger partial charge in [-0.25, -0.2) is 16.8 Å². The van der Waals surface area contributed by atoms with Crippen LogP contribution in [0.2, 0.25) is 0 Å². The van der Waals surface area contributed by atoms with E-state index in [-0.39, 0.29) is 104 Å². The van der Waals surface area contributed by atoms with Gasteiger partial charge in [0.1, 0.15) is 73.6 Å². The molecular weight excluding hydrogens is 746 g/mol. The topological polar surface area (TPSA) is 277 Å². The second kappa shape index (κ2) is 18.9. The Morgan fingerprint density at radius 2 is 0.942 bits per heavy atom. The van der Waals surface area contributed by atoms with Crippen LogP contribution in [0.4, 0.5) is 22.7 Å². The van der Waals surface area contributed by atoms with Crippen molar-refractivity contribution in [2.45, 2.75) is 29.7 Å². The van der Waals surface area contributed by atoms with Crippen molar-refractivity contribution in [3.8, 4) is 23.0 Å². The van der Waals surface area contributed by atoms with Crippen LogP contribution in [0.5, 0.6) is 23.0 Å². The Balaban J connectivity index is 0.00000468. The van der Waals surface area contributed by atoms with E-state index in [0.717, 1.165) is 38.1 Å². The molecule has 0 fully saturated rings. The summed E-state index contributed by atoms with van der Waals surface area (Å²) in [7, 11) is -9.31. The fourth-order valence-corrected chi connectivity index (χ4v) is 5.15. The van der Waals surface area contributed by atoms with Crippen molar-refractivity contribution in [3.63, 3.8) is 0 Å². The van der Waals surface area contributed by atoms with Gasteiger partial charge in [0.2, 0.25) is 0 Å². The van der Waals surface area contributed by atoms with Crippen molar-refractivity contribution in [3.05, 3.63) is 83.9 Å². The molecule has 262 valence electrons. The first kappa shape index (κ1) is 44.6. The maximum Gasteiger partial charge on any atom is 1.00 e. The number of nitrogens with zero attached hydrogens (tertiary/aromatic N) is 4. The minimum absolute atomic E-state index is 0. The molecule has 0 bridgehead atoms. The number of ketones is 2. The van der Waals surface area contributed by atoms with Gasteiger partial charge in [0.05, 0.1) is 21.2 Å². The van der Waals surface area contributed by atoms with E-state index in [1.54, 1.807) is 0 Å². The Morgan fingerprint density at radius 3 is 1.23 bits per heavy atom. The molecule has 0 spiro atoms. The summed E-state index contributed by atoms with van der Waals surface area (Å²) in [5.41, 5.74) is -0.536. The van der Waals surface area contributed by atoms with Crippen LogP contribution < -0.4 is 68.6 Å². The van der Waals surface area contributed by atoms with Crippen LogP contribution in [0.25, 0.3) is 0 Å². The number of phenolic OH excluding ortho intramolecular Hbond substituents is 2. The molecule has 0 radical (unpaired) electrons. The maximum absolute atomic E-state index is 12.3. The molecule has 0 aliphatic rings. The summed E-state index contributed by atoms with van der Waals surface area (Å²) >= 11 is 0. The van der Waals surface area contributed by atoms with Crippen LogP contribution >= 0.6 is 0 Å². The third-order valence-corrected chi connectivity index (χ3v) is 8.30. The number of benzene rings is 4. The summed E-state index contributed by atoms with van der Waals surface area (Å²) < 4.78 is 77.6. The number of phenols is 2. The Bertz CT molecular complexity index is 2060. The van der Waals surface area contributed by atoms with Gasteiger partial charge in [-0.1, -0.05) is 0 Å². The number of ether oxygens (including phenoxy) is 2. The molecule has 52 heavy (non-hydrogen) atoms. The SMILES string of the molecule is CC(=O)c1c(OCC(O)COc2ccc(N=Nc3ccc(S(=O)(=O)[O-])cc3)c(O)c2C(C)=O)ccc(N=Nc2ccc(S(=O)(=O)[O-])cc2)c1O.[Na+].[Na+]. The van der Waals surface area contributed by atoms with Gasteiger partial charge < -0.3 is 33.9 Å². The molecule has 21 heteroatoms. The fourth-order valence-electron chi connectivity index (χ4n) is 4.21. The standard InChI is InChI=1S/C31H28N4O13S2.2Na/c1-17(36)28-26(13-11-24(30(28)39)34-32-19-3-7-22(8-4-19)49(41,42)43)47-15-21(38)16-48-27-14-12-25(31(40)29(27)18(2)37)35-33-20-5-9-23(10-6-20)50(44,45)46;;/h3-14,21,38-40H,15-16H2,1-2H3,(H,41,42,43)(H,44,45,46);;/q;2*+1/p-2. The molecule has 0 atom stereocenters. The van der Waals surface area contributed by atoms with Gasteiger partial charge in [-0.05, 0) is 86.6 Å². The van der Waals surface area contributed by atoms with Gasteiger partial charge >= 0.3 is 59.1 Å². The average molecular weight is 773 g/mol. The third kappa shape index (κ3) is 11.7. The minimum atomic E-state index is -4.65.